The van der Waals surface area contributed by atoms with Gasteiger partial charge >= 0.3 is 5.97 Å². The van der Waals surface area contributed by atoms with Crippen LogP contribution in [0.1, 0.15) is 24.3 Å². The van der Waals surface area contributed by atoms with Gasteiger partial charge in [0, 0.05) is 12.6 Å². The summed E-state index contributed by atoms with van der Waals surface area (Å²) in [5, 5.41) is 2.94. The first-order chi connectivity index (χ1) is 10.1. The number of amides is 1. The largest absolute Gasteiger partial charge is 0.469 e. The fourth-order valence-electron chi connectivity index (χ4n) is 2.27. The zero-order valence-electron chi connectivity index (χ0n) is 12.5. The molecule has 1 fully saturated rings. The van der Waals surface area contributed by atoms with E-state index >= 15 is 0 Å². The molecule has 0 heterocycles. The summed E-state index contributed by atoms with van der Waals surface area (Å²) >= 11 is 0. The maximum absolute atomic E-state index is 12.0. The first-order valence-corrected chi connectivity index (χ1v) is 7.21. The van der Waals surface area contributed by atoms with E-state index in [4.69, 9.17) is 4.74 Å². The molecule has 0 spiro atoms. The lowest BCUT2D eigenvalue weighted by Gasteiger charge is -2.22. The van der Waals surface area contributed by atoms with Crippen LogP contribution < -0.4 is 5.32 Å². The Bertz CT molecular complexity index is 486. The molecule has 5 nitrogen and oxygen atoms in total. The monoisotopic (exact) mass is 290 g/mol. The smallest absolute Gasteiger partial charge is 0.314 e. The minimum atomic E-state index is -0.380. The first-order valence-electron chi connectivity index (χ1n) is 7.21. The van der Waals surface area contributed by atoms with Crippen LogP contribution in [0.3, 0.4) is 0 Å². The van der Waals surface area contributed by atoms with Crippen LogP contribution in [0.25, 0.3) is 0 Å². The molecule has 1 unspecified atom stereocenters. The fourth-order valence-corrected chi connectivity index (χ4v) is 2.27. The third kappa shape index (κ3) is 4.86. The number of esters is 1. The quantitative estimate of drug-likeness (QED) is 0.765. The second kappa shape index (κ2) is 7.22. The molecule has 0 bridgehead atoms. The highest BCUT2D eigenvalue weighted by atomic mass is 16.5. The van der Waals surface area contributed by atoms with E-state index in [9.17, 15) is 9.59 Å². The Hall–Kier alpha value is -1.88. The molecule has 1 aliphatic rings. The maximum atomic E-state index is 12.0. The van der Waals surface area contributed by atoms with Crippen molar-refractivity contribution >= 4 is 11.9 Å². The van der Waals surface area contributed by atoms with Crippen LogP contribution >= 0.6 is 0 Å². The Morgan fingerprint density at radius 3 is 2.57 bits per heavy atom. The number of ether oxygens (including phenoxy) is 1. The number of carbonyl (C=O) groups excluding carboxylic acids is 2. The van der Waals surface area contributed by atoms with Crippen molar-refractivity contribution in [3.63, 3.8) is 0 Å². The normalized spacial score (nSPS) is 15.6. The molecule has 0 aliphatic heterocycles. The van der Waals surface area contributed by atoms with E-state index in [0.717, 1.165) is 18.4 Å². The number of hydrogen-bond donors (Lipinski definition) is 1. The van der Waals surface area contributed by atoms with Gasteiger partial charge in [0.05, 0.1) is 19.6 Å². The lowest BCUT2D eigenvalue weighted by atomic mass is 9.99. The van der Waals surface area contributed by atoms with Crippen LogP contribution in [0.2, 0.25) is 0 Å². The highest BCUT2D eigenvalue weighted by Gasteiger charge is 2.26. The molecule has 2 rings (SSSR count). The van der Waals surface area contributed by atoms with Gasteiger partial charge in [-0.25, -0.2) is 0 Å². The molecule has 0 saturated heterocycles. The van der Waals surface area contributed by atoms with Gasteiger partial charge in [0.1, 0.15) is 0 Å². The molecule has 1 saturated carbocycles. The van der Waals surface area contributed by atoms with E-state index in [0.29, 0.717) is 12.6 Å². The van der Waals surface area contributed by atoms with Crippen LogP contribution in [-0.2, 0) is 14.3 Å². The predicted octanol–water partition coefficient (Wildman–Crippen LogP) is 1.15. The van der Waals surface area contributed by atoms with E-state index < -0.39 is 0 Å². The van der Waals surface area contributed by atoms with E-state index in [1.807, 2.05) is 42.3 Å². The maximum Gasteiger partial charge on any atom is 0.314 e. The average molecular weight is 290 g/mol. The summed E-state index contributed by atoms with van der Waals surface area (Å²) in [6.45, 7) is 0.742. The number of nitrogens with zero attached hydrogens (tertiary/aromatic N) is 1. The van der Waals surface area contributed by atoms with Crippen LogP contribution in [0.4, 0.5) is 0 Å². The summed E-state index contributed by atoms with van der Waals surface area (Å²) in [6.07, 6.45) is 2.15. The Kier molecular flexibility index (Phi) is 5.33. The van der Waals surface area contributed by atoms with E-state index in [1.165, 1.54) is 7.11 Å². The van der Waals surface area contributed by atoms with Crippen LogP contribution in [0, 0.1) is 0 Å². The minimum Gasteiger partial charge on any atom is -0.469 e. The van der Waals surface area contributed by atoms with Crippen molar-refractivity contribution in [1.29, 1.82) is 0 Å². The lowest BCUT2D eigenvalue weighted by molar-refractivity contribution is -0.143. The number of hydrogen-bond acceptors (Lipinski definition) is 4. The zero-order chi connectivity index (χ0) is 15.2. The van der Waals surface area contributed by atoms with Gasteiger partial charge < -0.3 is 10.1 Å². The second-order valence-corrected chi connectivity index (χ2v) is 5.52. The third-order valence-electron chi connectivity index (χ3n) is 3.54. The molecular formula is C16H22N2O3. The number of nitrogens with one attached hydrogen (secondary N) is 1. The number of benzene rings is 1. The van der Waals surface area contributed by atoms with Crippen LogP contribution in [0.15, 0.2) is 30.3 Å². The van der Waals surface area contributed by atoms with Gasteiger partial charge in [-0.15, -0.1) is 0 Å². The van der Waals surface area contributed by atoms with E-state index in [2.05, 4.69) is 5.32 Å². The minimum absolute atomic E-state index is 0.0108. The number of carbonyl (C=O) groups is 2. The van der Waals surface area contributed by atoms with Crippen molar-refractivity contribution in [1.82, 2.24) is 10.2 Å². The summed E-state index contributed by atoms with van der Waals surface area (Å²) in [7, 11) is 3.23. The summed E-state index contributed by atoms with van der Waals surface area (Å²) in [6, 6.07) is 9.86. The topological polar surface area (TPSA) is 58.6 Å². The predicted molar refractivity (Wildman–Crippen MR) is 79.9 cm³/mol. The SMILES string of the molecule is COC(=O)C(CN(C)CC(=O)NC1CC1)c1ccccc1. The lowest BCUT2D eigenvalue weighted by Crippen LogP contribution is -2.39. The molecule has 1 amide bonds. The highest BCUT2D eigenvalue weighted by molar-refractivity contribution is 5.80. The molecule has 1 aliphatic carbocycles. The molecule has 1 aromatic carbocycles. The number of rotatable bonds is 7. The van der Waals surface area contributed by atoms with Crippen molar-refractivity contribution < 1.29 is 14.3 Å². The van der Waals surface area contributed by atoms with Crippen molar-refractivity contribution in [2.45, 2.75) is 24.8 Å². The van der Waals surface area contributed by atoms with Crippen LogP contribution in [-0.4, -0.2) is 50.1 Å². The molecule has 1 aromatic rings. The van der Waals surface area contributed by atoms with Gasteiger partial charge in [-0.1, -0.05) is 30.3 Å². The Morgan fingerprint density at radius 2 is 2.00 bits per heavy atom. The van der Waals surface area contributed by atoms with E-state index in [-0.39, 0.29) is 24.3 Å². The number of likely N-dealkylation sites (N-methyl/N-ethyl adjacent to an activating group) is 1. The average Bonchev–Trinajstić information content (AvgIpc) is 3.28. The third-order valence-corrected chi connectivity index (χ3v) is 3.54. The number of methoxy groups -OCH3 is 1. The van der Waals surface area contributed by atoms with Gasteiger partial charge in [-0.05, 0) is 25.5 Å². The van der Waals surface area contributed by atoms with Gasteiger partial charge in [0.15, 0.2) is 0 Å². The molecule has 0 aromatic heterocycles. The van der Waals surface area contributed by atoms with Gasteiger partial charge in [-0.2, -0.15) is 0 Å². The summed E-state index contributed by atoms with van der Waals surface area (Å²) in [4.78, 5) is 25.6. The second-order valence-electron chi connectivity index (χ2n) is 5.52. The molecule has 114 valence electrons. The molecule has 1 atom stereocenters. The van der Waals surface area contributed by atoms with Crippen LogP contribution in [0.5, 0.6) is 0 Å². The zero-order valence-corrected chi connectivity index (χ0v) is 12.5. The first kappa shape index (κ1) is 15.5. The van der Waals surface area contributed by atoms with Gasteiger partial charge in [0.2, 0.25) is 5.91 Å². The highest BCUT2D eigenvalue weighted by Crippen LogP contribution is 2.19. The van der Waals surface area contributed by atoms with E-state index in [1.54, 1.807) is 0 Å². The fraction of sp³-hybridized carbons (Fsp3) is 0.500. The Morgan fingerprint density at radius 1 is 1.33 bits per heavy atom. The molecule has 5 heteroatoms. The molecular weight excluding hydrogens is 268 g/mol. The van der Waals surface area contributed by atoms with Crippen molar-refractivity contribution in [3.8, 4) is 0 Å². The molecule has 0 radical (unpaired) electrons. The molecule has 21 heavy (non-hydrogen) atoms. The summed E-state index contributed by atoms with van der Waals surface area (Å²) in [5.74, 6) is -0.651. The van der Waals surface area contributed by atoms with Crippen molar-refractivity contribution in [2.75, 3.05) is 27.2 Å². The standard InChI is InChI=1S/C16H22N2O3/c1-18(11-15(19)17-13-8-9-13)10-14(16(20)21-2)12-6-4-3-5-7-12/h3-7,13-14H,8-11H2,1-2H3,(H,17,19). The van der Waals surface area contributed by atoms with Gasteiger partial charge in [-0.3, -0.25) is 14.5 Å². The van der Waals surface area contributed by atoms with Crippen molar-refractivity contribution in [3.05, 3.63) is 35.9 Å². The van der Waals surface area contributed by atoms with Gasteiger partial charge in [0.25, 0.3) is 0 Å². The Balaban J connectivity index is 1.94. The molecule has 1 N–H and O–H groups in total. The van der Waals surface area contributed by atoms with Crippen molar-refractivity contribution in [2.24, 2.45) is 0 Å². The Labute approximate surface area is 125 Å². The summed E-state index contributed by atoms with van der Waals surface area (Å²) < 4.78 is 4.88. The summed E-state index contributed by atoms with van der Waals surface area (Å²) in [5.41, 5.74) is 0.902.